The van der Waals surface area contributed by atoms with Gasteiger partial charge in [-0.05, 0) is 36.3 Å². The highest BCUT2D eigenvalue weighted by atomic mass is 28.3. The van der Waals surface area contributed by atoms with Crippen LogP contribution in [0, 0.1) is 17.8 Å². The number of carbonyl (C=O) groups excluding carboxylic acids is 1. The summed E-state index contributed by atoms with van der Waals surface area (Å²) in [7, 11) is -1.46. The smallest absolute Gasteiger partial charge is 0.225 e. The fraction of sp³-hybridized carbons (Fsp3) is 0.950. The quantitative estimate of drug-likeness (QED) is 0.601. The zero-order valence-corrected chi connectivity index (χ0v) is 17.6. The van der Waals surface area contributed by atoms with E-state index in [9.17, 15) is 4.79 Å². The molecule has 2 rings (SSSR count). The summed E-state index contributed by atoms with van der Waals surface area (Å²) in [5.74, 6) is 2.34. The van der Waals surface area contributed by atoms with E-state index < -0.39 is 8.07 Å². The van der Waals surface area contributed by atoms with Crippen LogP contribution in [0.5, 0.6) is 0 Å². The van der Waals surface area contributed by atoms with Crippen molar-refractivity contribution in [3.05, 3.63) is 0 Å². The van der Waals surface area contributed by atoms with Crippen molar-refractivity contribution in [1.29, 1.82) is 0 Å². The first-order chi connectivity index (χ1) is 10.7. The van der Waals surface area contributed by atoms with Gasteiger partial charge in [0, 0.05) is 19.0 Å². The summed E-state index contributed by atoms with van der Waals surface area (Å²) in [5.41, 5.74) is 0.707. The Morgan fingerprint density at radius 1 is 1.04 bits per heavy atom. The van der Waals surface area contributed by atoms with Gasteiger partial charge in [0.15, 0.2) is 0 Å². The normalized spacial score (nSPS) is 29.4. The van der Waals surface area contributed by atoms with E-state index >= 15 is 0 Å². The van der Waals surface area contributed by atoms with Crippen molar-refractivity contribution in [2.24, 2.45) is 17.8 Å². The molecule has 0 spiro atoms. The zero-order chi connectivity index (χ0) is 17.4. The Kier molecular flexibility index (Phi) is 5.70. The lowest BCUT2D eigenvalue weighted by molar-refractivity contribution is -0.132. The highest BCUT2D eigenvalue weighted by molar-refractivity contribution is 6.82. The lowest BCUT2D eigenvalue weighted by Gasteiger charge is -2.39. The minimum Gasteiger partial charge on any atom is -0.343 e. The van der Waals surface area contributed by atoms with Crippen LogP contribution < -0.4 is 0 Å². The molecule has 0 unspecified atom stereocenters. The van der Waals surface area contributed by atoms with Gasteiger partial charge in [0.2, 0.25) is 5.91 Å². The molecule has 23 heavy (non-hydrogen) atoms. The fourth-order valence-electron chi connectivity index (χ4n) is 4.93. The van der Waals surface area contributed by atoms with E-state index in [1.54, 1.807) is 0 Å². The van der Waals surface area contributed by atoms with Crippen LogP contribution in [0.4, 0.5) is 0 Å². The first-order valence-corrected chi connectivity index (χ1v) is 13.0. The lowest BCUT2D eigenvalue weighted by Crippen LogP contribution is -2.40. The van der Waals surface area contributed by atoms with Crippen LogP contribution in [0.1, 0.15) is 66.7 Å². The topological polar surface area (TPSA) is 20.3 Å². The molecule has 0 bridgehead atoms. The fourth-order valence-corrected chi connectivity index (χ4v) is 8.53. The summed E-state index contributed by atoms with van der Waals surface area (Å²) in [5, 5.41) is 0.378. The second-order valence-corrected chi connectivity index (χ2v) is 15.1. The average molecular weight is 338 g/mol. The van der Waals surface area contributed by atoms with E-state index in [4.69, 9.17) is 0 Å². The van der Waals surface area contributed by atoms with Gasteiger partial charge in [0.05, 0.1) is 8.07 Å². The van der Waals surface area contributed by atoms with E-state index in [0.717, 1.165) is 19.0 Å². The summed E-state index contributed by atoms with van der Waals surface area (Å²) >= 11 is 0. The van der Waals surface area contributed by atoms with E-state index in [-0.39, 0.29) is 0 Å². The second-order valence-electron chi connectivity index (χ2n) is 9.51. The highest BCUT2D eigenvalue weighted by Crippen LogP contribution is 2.68. The maximum absolute atomic E-state index is 13.2. The van der Waals surface area contributed by atoms with E-state index in [1.165, 1.54) is 32.1 Å². The lowest BCUT2D eigenvalue weighted by atomic mass is 9.85. The molecule has 2 aliphatic rings. The second kappa shape index (κ2) is 6.90. The summed E-state index contributed by atoms with van der Waals surface area (Å²) in [4.78, 5) is 15.2. The van der Waals surface area contributed by atoms with Gasteiger partial charge in [-0.1, -0.05) is 66.0 Å². The van der Waals surface area contributed by atoms with Crippen molar-refractivity contribution in [2.45, 2.75) is 90.4 Å². The van der Waals surface area contributed by atoms with Crippen LogP contribution in [-0.2, 0) is 4.79 Å². The third kappa shape index (κ3) is 3.55. The predicted octanol–water partition coefficient (Wildman–Crippen LogP) is 5.56. The minimum absolute atomic E-state index is 0.346. The number of carbonyl (C=O) groups is 1. The van der Waals surface area contributed by atoms with Gasteiger partial charge in [0.25, 0.3) is 0 Å². The molecule has 0 radical (unpaired) electrons. The number of amides is 1. The van der Waals surface area contributed by atoms with Gasteiger partial charge in [0.1, 0.15) is 0 Å². The van der Waals surface area contributed by atoms with Crippen LogP contribution in [0.3, 0.4) is 0 Å². The molecule has 134 valence electrons. The highest BCUT2D eigenvalue weighted by Gasteiger charge is 2.66. The molecule has 2 fully saturated rings. The molecule has 0 aromatic heterocycles. The Morgan fingerprint density at radius 2 is 1.57 bits per heavy atom. The van der Waals surface area contributed by atoms with E-state index in [2.05, 4.69) is 52.6 Å². The number of hydrogen-bond donors (Lipinski definition) is 0. The van der Waals surface area contributed by atoms with Crippen molar-refractivity contribution in [1.82, 2.24) is 4.90 Å². The maximum Gasteiger partial charge on any atom is 0.225 e. The summed E-state index contributed by atoms with van der Waals surface area (Å²) in [6.45, 7) is 18.3. The molecule has 0 heterocycles. The Balaban J connectivity index is 2.24. The average Bonchev–Trinajstić information content (AvgIpc) is 3.24. The zero-order valence-electron chi connectivity index (χ0n) is 16.6. The van der Waals surface area contributed by atoms with E-state index in [0.29, 0.717) is 28.3 Å². The van der Waals surface area contributed by atoms with Crippen LogP contribution in [0.25, 0.3) is 0 Å². The first kappa shape index (κ1) is 19.0. The molecule has 3 heteroatoms. The molecular formula is C20H39NOSi. The summed E-state index contributed by atoms with van der Waals surface area (Å²) in [6, 6.07) is 0. The van der Waals surface area contributed by atoms with Gasteiger partial charge in [-0.2, -0.15) is 0 Å². The third-order valence-electron chi connectivity index (χ3n) is 7.40. The van der Waals surface area contributed by atoms with Crippen LogP contribution in [0.2, 0.25) is 23.7 Å². The Bertz CT molecular complexity index is 416. The molecule has 2 nitrogen and oxygen atoms in total. The Morgan fingerprint density at radius 3 is 2.00 bits per heavy atom. The van der Waals surface area contributed by atoms with Crippen LogP contribution >= 0.6 is 0 Å². The molecule has 0 aromatic carbocycles. The molecule has 0 N–H and O–H groups in total. The molecule has 0 aliphatic heterocycles. The number of rotatable bonds is 5. The van der Waals surface area contributed by atoms with Crippen molar-refractivity contribution in [3.8, 4) is 0 Å². The van der Waals surface area contributed by atoms with Gasteiger partial charge in [-0.3, -0.25) is 4.79 Å². The van der Waals surface area contributed by atoms with Crippen molar-refractivity contribution >= 4 is 14.0 Å². The molecule has 0 saturated heterocycles. The number of nitrogens with zero attached hydrogens (tertiary/aromatic N) is 1. The van der Waals surface area contributed by atoms with Gasteiger partial charge in [-0.25, -0.2) is 0 Å². The standard InChI is InChI=1S/C20H39NOSi/c1-8-21(9-2)19(22)17-16(15-13-11-10-12-14-15)18(17)23(6,7)20(3,4)5/h15-18H,8-14H2,1-7H3/t16-,17-,18+/m1/s1. The first-order valence-electron chi connectivity index (χ1n) is 9.95. The van der Waals surface area contributed by atoms with Crippen molar-refractivity contribution < 1.29 is 4.79 Å². The Hall–Kier alpha value is -0.313. The third-order valence-corrected chi connectivity index (χ3v) is 13.7. The number of hydrogen-bond acceptors (Lipinski definition) is 1. The van der Waals surface area contributed by atoms with Gasteiger partial charge >= 0.3 is 0 Å². The Labute approximate surface area is 145 Å². The van der Waals surface area contributed by atoms with Crippen LogP contribution in [-0.4, -0.2) is 32.0 Å². The predicted molar refractivity (Wildman–Crippen MR) is 102 cm³/mol. The van der Waals surface area contributed by atoms with Crippen LogP contribution in [0.15, 0.2) is 0 Å². The van der Waals surface area contributed by atoms with Gasteiger partial charge < -0.3 is 4.90 Å². The molecule has 1 amide bonds. The molecular weight excluding hydrogens is 298 g/mol. The SMILES string of the molecule is CCN(CC)C(=O)[C@@H]1[C@@H](C2CCCCC2)[C@@H]1[Si](C)(C)C(C)(C)C. The van der Waals surface area contributed by atoms with Crippen molar-refractivity contribution in [2.75, 3.05) is 13.1 Å². The molecule has 2 aliphatic carbocycles. The summed E-state index contributed by atoms with van der Waals surface area (Å²) in [6.07, 6.45) is 6.92. The largest absolute Gasteiger partial charge is 0.343 e. The van der Waals surface area contributed by atoms with Crippen molar-refractivity contribution in [3.63, 3.8) is 0 Å². The van der Waals surface area contributed by atoms with Gasteiger partial charge in [-0.15, -0.1) is 0 Å². The monoisotopic (exact) mass is 337 g/mol. The summed E-state index contributed by atoms with van der Waals surface area (Å²) < 4.78 is 0. The van der Waals surface area contributed by atoms with E-state index in [1.807, 2.05) is 0 Å². The molecule has 2 saturated carbocycles. The molecule has 3 atom stereocenters. The minimum atomic E-state index is -1.46. The maximum atomic E-state index is 13.2. The molecule has 0 aromatic rings.